The van der Waals surface area contributed by atoms with Gasteiger partial charge in [-0.05, 0) is 37.0 Å². The molecule has 0 aliphatic heterocycles. The Kier molecular flexibility index (Phi) is 4.40. The molecule has 0 atom stereocenters. The van der Waals surface area contributed by atoms with Crippen molar-refractivity contribution in [2.24, 2.45) is 0 Å². The smallest absolute Gasteiger partial charge is 0.0342 e. The van der Waals surface area contributed by atoms with E-state index in [0.717, 1.165) is 0 Å². The molecule has 3 heteroatoms. The molecule has 0 spiro atoms. The van der Waals surface area contributed by atoms with Gasteiger partial charge in [0.1, 0.15) is 0 Å². The SMILES string of the molecule is CSc1c[c]cc(SC)c1SC. The summed E-state index contributed by atoms with van der Waals surface area (Å²) in [5.41, 5.74) is 0. The zero-order valence-electron chi connectivity index (χ0n) is 7.38. The molecule has 0 N–H and O–H groups in total. The zero-order chi connectivity index (χ0) is 8.97. The Morgan fingerprint density at radius 1 is 0.917 bits per heavy atom. The Bertz CT molecular complexity index is 236. The molecule has 0 fully saturated rings. The average Bonchev–Trinajstić information content (AvgIpc) is 2.16. The molecule has 0 aliphatic rings. The van der Waals surface area contributed by atoms with Crippen molar-refractivity contribution in [2.45, 2.75) is 14.7 Å². The van der Waals surface area contributed by atoms with E-state index < -0.39 is 0 Å². The molecule has 0 aliphatic carbocycles. The number of rotatable bonds is 3. The van der Waals surface area contributed by atoms with Crippen molar-refractivity contribution in [3.05, 3.63) is 18.2 Å². The van der Waals surface area contributed by atoms with Crippen LogP contribution in [-0.2, 0) is 0 Å². The topological polar surface area (TPSA) is 0 Å². The van der Waals surface area contributed by atoms with Crippen LogP contribution in [0.4, 0.5) is 0 Å². The second-order valence-electron chi connectivity index (χ2n) is 2.13. The molecular weight excluding hydrogens is 204 g/mol. The quantitative estimate of drug-likeness (QED) is 0.706. The third-order valence-corrected chi connectivity index (χ3v) is 4.15. The molecule has 1 aromatic rings. The molecule has 0 amide bonds. The molecule has 0 saturated heterocycles. The minimum Gasteiger partial charge on any atom is -0.128 e. The molecule has 0 aromatic heterocycles. The summed E-state index contributed by atoms with van der Waals surface area (Å²) in [6.45, 7) is 0. The normalized spacial score (nSPS) is 10.2. The van der Waals surface area contributed by atoms with E-state index in [1.165, 1.54) is 14.7 Å². The fourth-order valence-corrected chi connectivity index (χ4v) is 3.50. The van der Waals surface area contributed by atoms with Crippen LogP contribution in [0, 0.1) is 6.07 Å². The van der Waals surface area contributed by atoms with Gasteiger partial charge < -0.3 is 0 Å². The van der Waals surface area contributed by atoms with E-state index >= 15 is 0 Å². The lowest BCUT2D eigenvalue weighted by atomic mass is 10.4. The first-order valence-electron chi connectivity index (χ1n) is 3.49. The highest BCUT2D eigenvalue weighted by Crippen LogP contribution is 2.35. The summed E-state index contributed by atoms with van der Waals surface area (Å²) in [7, 11) is 0. The van der Waals surface area contributed by atoms with Crippen molar-refractivity contribution in [1.82, 2.24) is 0 Å². The van der Waals surface area contributed by atoms with Gasteiger partial charge in [-0.25, -0.2) is 0 Å². The van der Waals surface area contributed by atoms with Crippen LogP contribution >= 0.6 is 35.3 Å². The van der Waals surface area contributed by atoms with Gasteiger partial charge in [-0.3, -0.25) is 0 Å². The lowest BCUT2D eigenvalue weighted by molar-refractivity contribution is 1.12. The van der Waals surface area contributed by atoms with Crippen LogP contribution in [0.1, 0.15) is 0 Å². The predicted octanol–water partition coefficient (Wildman–Crippen LogP) is 3.65. The highest BCUT2D eigenvalue weighted by Gasteiger charge is 2.04. The first-order valence-corrected chi connectivity index (χ1v) is 7.17. The lowest BCUT2D eigenvalue weighted by Crippen LogP contribution is -1.81. The molecule has 65 valence electrons. The highest BCUT2D eigenvalue weighted by atomic mass is 32.2. The van der Waals surface area contributed by atoms with Crippen LogP contribution in [0.25, 0.3) is 0 Å². The van der Waals surface area contributed by atoms with Crippen molar-refractivity contribution in [3.63, 3.8) is 0 Å². The van der Waals surface area contributed by atoms with E-state index in [-0.39, 0.29) is 0 Å². The van der Waals surface area contributed by atoms with Gasteiger partial charge in [-0.15, -0.1) is 35.3 Å². The van der Waals surface area contributed by atoms with Gasteiger partial charge >= 0.3 is 0 Å². The second-order valence-corrected chi connectivity index (χ2v) is 4.64. The molecule has 12 heavy (non-hydrogen) atoms. The Morgan fingerprint density at radius 2 is 1.42 bits per heavy atom. The van der Waals surface area contributed by atoms with E-state index in [4.69, 9.17) is 0 Å². The van der Waals surface area contributed by atoms with Crippen molar-refractivity contribution in [2.75, 3.05) is 18.8 Å². The molecule has 0 nitrogen and oxygen atoms in total. The molecular formula is C9H11S3. The summed E-state index contributed by atoms with van der Waals surface area (Å²) in [4.78, 5) is 4.04. The number of benzene rings is 1. The third kappa shape index (κ3) is 2.15. The second kappa shape index (κ2) is 5.10. The molecule has 1 radical (unpaired) electrons. The first kappa shape index (κ1) is 10.4. The summed E-state index contributed by atoms with van der Waals surface area (Å²) in [5, 5.41) is 0. The third-order valence-electron chi connectivity index (χ3n) is 1.52. The average molecular weight is 215 g/mol. The first-order chi connectivity index (χ1) is 5.83. The van der Waals surface area contributed by atoms with E-state index in [2.05, 4.69) is 37.0 Å². The maximum atomic E-state index is 3.15. The van der Waals surface area contributed by atoms with Crippen molar-refractivity contribution in [3.8, 4) is 0 Å². The zero-order valence-corrected chi connectivity index (χ0v) is 9.83. The van der Waals surface area contributed by atoms with E-state index in [1.54, 1.807) is 23.5 Å². The number of hydrogen-bond donors (Lipinski definition) is 0. The maximum absolute atomic E-state index is 3.15. The number of hydrogen-bond acceptors (Lipinski definition) is 3. The van der Waals surface area contributed by atoms with Crippen LogP contribution in [-0.4, -0.2) is 18.8 Å². The molecule has 0 unspecified atom stereocenters. The molecule has 0 saturated carbocycles. The van der Waals surface area contributed by atoms with Crippen LogP contribution < -0.4 is 0 Å². The van der Waals surface area contributed by atoms with Crippen molar-refractivity contribution >= 4 is 35.3 Å². The van der Waals surface area contributed by atoms with Gasteiger partial charge in [0.25, 0.3) is 0 Å². The van der Waals surface area contributed by atoms with E-state index in [0.29, 0.717) is 0 Å². The van der Waals surface area contributed by atoms with Gasteiger partial charge in [-0.1, -0.05) is 0 Å². The fraction of sp³-hybridized carbons (Fsp3) is 0.333. The number of thioether (sulfide) groups is 3. The highest BCUT2D eigenvalue weighted by molar-refractivity contribution is 8.03. The van der Waals surface area contributed by atoms with Crippen LogP contribution in [0.5, 0.6) is 0 Å². The molecule has 0 bridgehead atoms. The van der Waals surface area contributed by atoms with Gasteiger partial charge in [0.2, 0.25) is 0 Å². The molecule has 0 heterocycles. The Hall–Kier alpha value is 0.270. The van der Waals surface area contributed by atoms with Crippen LogP contribution in [0.15, 0.2) is 26.8 Å². The minimum absolute atomic E-state index is 1.33. The van der Waals surface area contributed by atoms with Crippen LogP contribution in [0.3, 0.4) is 0 Å². The monoisotopic (exact) mass is 215 g/mol. The summed E-state index contributed by atoms with van der Waals surface area (Å²) >= 11 is 5.38. The predicted molar refractivity (Wildman–Crippen MR) is 60.6 cm³/mol. The molecule has 1 rings (SSSR count). The minimum atomic E-state index is 1.33. The summed E-state index contributed by atoms with van der Waals surface area (Å²) in [5.74, 6) is 0. The summed E-state index contributed by atoms with van der Waals surface area (Å²) in [6.07, 6.45) is 6.33. The largest absolute Gasteiger partial charge is 0.128 e. The van der Waals surface area contributed by atoms with Gasteiger partial charge in [0, 0.05) is 14.7 Å². The van der Waals surface area contributed by atoms with Crippen LogP contribution in [0.2, 0.25) is 0 Å². The lowest BCUT2D eigenvalue weighted by Gasteiger charge is -2.07. The Balaban J connectivity index is 3.13. The van der Waals surface area contributed by atoms with Gasteiger partial charge in [0.15, 0.2) is 0 Å². The molecule has 1 aromatic carbocycles. The summed E-state index contributed by atoms with van der Waals surface area (Å²) < 4.78 is 0. The van der Waals surface area contributed by atoms with Gasteiger partial charge in [-0.2, -0.15) is 0 Å². The van der Waals surface area contributed by atoms with Crippen molar-refractivity contribution < 1.29 is 0 Å². The summed E-state index contributed by atoms with van der Waals surface area (Å²) in [6, 6.07) is 7.25. The maximum Gasteiger partial charge on any atom is 0.0342 e. The Morgan fingerprint density at radius 3 is 1.75 bits per heavy atom. The van der Waals surface area contributed by atoms with E-state index in [9.17, 15) is 0 Å². The Labute approximate surface area is 86.9 Å². The van der Waals surface area contributed by atoms with E-state index in [1.807, 2.05) is 11.8 Å². The van der Waals surface area contributed by atoms with Gasteiger partial charge in [0.05, 0.1) is 0 Å². The standard InChI is InChI=1S/C9H11S3/c1-10-7-5-4-6-8(11-2)9(7)12-3/h5-6H,1-3H3. The van der Waals surface area contributed by atoms with Crippen molar-refractivity contribution in [1.29, 1.82) is 0 Å². The fourth-order valence-electron chi connectivity index (χ4n) is 0.950.